The first-order valence-corrected chi connectivity index (χ1v) is 6.71. The van der Waals surface area contributed by atoms with Crippen molar-refractivity contribution in [1.82, 2.24) is 9.97 Å². The van der Waals surface area contributed by atoms with E-state index in [9.17, 15) is 0 Å². The Morgan fingerprint density at radius 1 is 1.19 bits per heavy atom. The molecule has 0 fully saturated rings. The summed E-state index contributed by atoms with van der Waals surface area (Å²) in [7, 11) is 3.19. The minimum atomic E-state index is 0.549. The molecule has 1 aromatic heterocycles. The Kier molecular flexibility index (Phi) is 4.59. The molecule has 2 rings (SSSR count). The third kappa shape index (κ3) is 2.75. The lowest BCUT2D eigenvalue weighted by atomic mass is 10.1. The Hall–Kier alpha value is -2.34. The van der Waals surface area contributed by atoms with Crippen molar-refractivity contribution >= 4 is 5.82 Å². The van der Waals surface area contributed by atoms with Crippen molar-refractivity contribution in [2.24, 2.45) is 5.84 Å². The predicted molar refractivity (Wildman–Crippen MR) is 82.5 cm³/mol. The van der Waals surface area contributed by atoms with Gasteiger partial charge in [0.15, 0.2) is 17.3 Å². The van der Waals surface area contributed by atoms with E-state index >= 15 is 0 Å². The molecule has 1 aromatic carbocycles. The van der Waals surface area contributed by atoms with Crippen LogP contribution in [0.25, 0.3) is 11.4 Å². The summed E-state index contributed by atoms with van der Waals surface area (Å²) in [5, 5.41) is 0. The first-order chi connectivity index (χ1) is 10.2. The number of nitrogens with zero attached hydrogens (tertiary/aromatic N) is 2. The van der Waals surface area contributed by atoms with Crippen LogP contribution in [-0.2, 0) is 6.42 Å². The summed E-state index contributed by atoms with van der Waals surface area (Å²) in [4.78, 5) is 9.06. The number of nitrogens with one attached hydrogen (secondary N) is 1. The molecule has 0 unspecified atom stereocenters. The number of benzene rings is 1. The Morgan fingerprint density at radius 3 is 2.52 bits per heavy atom. The van der Waals surface area contributed by atoms with E-state index in [1.54, 1.807) is 14.2 Å². The van der Waals surface area contributed by atoms with Crippen LogP contribution in [0.2, 0.25) is 0 Å². The van der Waals surface area contributed by atoms with Crippen LogP contribution in [-0.4, -0.2) is 24.2 Å². The van der Waals surface area contributed by atoms with Gasteiger partial charge >= 0.3 is 0 Å². The second kappa shape index (κ2) is 6.41. The summed E-state index contributed by atoms with van der Waals surface area (Å²) < 4.78 is 10.7. The van der Waals surface area contributed by atoms with Gasteiger partial charge in [-0.05, 0) is 25.5 Å². The summed E-state index contributed by atoms with van der Waals surface area (Å²) in [5.74, 6) is 7.99. The van der Waals surface area contributed by atoms with E-state index in [0.717, 1.165) is 23.2 Å². The number of methoxy groups -OCH3 is 2. The summed E-state index contributed by atoms with van der Waals surface area (Å²) >= 11 is 0. The van der Waals surface area contributed by atoms with E-state index in [0.29, 0.717) is 23.1 Å². The molecule has 112 valence electrons. The normalized spacial score (nSPS) is 10.3. The molecular weight excluding hydrogens is 268 g/mol. The number of aromatic nitrogens is 2. The van der Waals surface area contributed by atoms with Crippen LogP contribution < -0.4 is 20.7 Å². The fourth-order valence-corrected chi connectivity index (χ4v) is 2.32. The first-order valence-electron chi connectivity index (χ1n) is 6.71. The van der Waals surface area contributed by atoms with Gasteiger partial charge in [0.1, 0.15) is 5.82 Å². The summed E-state index contributed by atoms with van der Waals surface area (Å²) in [6.45, 7) is 3.98. The van der Waals surface area contributed by atoms with Crippen molar-refractivity contribution in [3.8, 4) is 22.9 Å². The highest BCUT2D eigenvalue weighted by Gasteiger charge is 2.16. The zero-order chi connectivity index (χ0) is 15.4. The maximum atomic E-state index is 5.57. The molecule has 0 bridgehead atoms. The van der Waals surface area contributed by atoms with E-state index < -0.39 is 0 Å². The monoisotopic (exact) mass is 288 g/mol. The number of anilines is 1. The smallest absolute Gasteiger partial charge is 0.171 e. The van der Waals surface area contributed by atoms with Crippen molar-refractivity contribution in [1.29, 1.82) is 0 Å². The van der Waals surface area contributed by atoms with Gasteiger partial charge < -0.3 is 14.9 Å². The van der Waals surface area contributed by atoms with Crippen LogP contribution in [0.1, 0.15) is 18.2 Å². The molecule has 0 radical (unpaired) electrons. The SMILES string of the molecule is CCc1c(C)nc(-c2cccc(OC)c2OC)nc1NN. The van der Waals surface area contributed by atoms with Crippen molar-refractivity contribution < 1.29 is 9.47 Å². The average molecular weight is 288 g/mol. The predicted octanol–water partition coefficient (Wildman–Crippen LogP) is 2.32. The third-order valence-corrected chi connectivity index (χ3v) is 3.35. The van der Waals surface area contributed by atoms with Gasteiger partial charge in [0.2, 0.25) is 0 Å². The van der Waals surface area contributed by atoms with Crippen LogP contribution in [0, 0.1) is 6.92 Å². The molecule has 1 heterocycles. The molecule has 3 N–H and O–H groups in total. The zero-order valence-corrected chi connectivity index (χ0v) is 12.7. The number of nitrogen functional groups attached to an aromatic ring is 1. The largest absolute Gasteiger partial charge is 0.493 e. The lowest BCUT2D eigenvalue weighted by Gasteiger charge is -2.14. The van der Waals surface area contributed by atoms with Crippen LogP contribution in [0.4, 0.5) is 5.82 Å². The number of aryl methyl sites for hydroxylation is 1. The number of hydrogen-bond acceptors (Lipinski definition) is 6. The van der Waals surface area contributed by atoms with E-state index in [1.165, 1.54) is 0 Å². The van der Waals surface area contributed by atoms with Crippen molar-refractivity contribution in [3.05, 3.63) is 29.5 Å². The van der Waals surface area contributed by atoms with Gasteiger partial charge in [-0.15, -0.1) is 0 Å². The maximum Gasteiger partial charge on any atom is 0.171 e. The van der Waals surface area contributed by atoms with Gasteiger partial charge in [-0.3, -0.25) is 0 Å². The molecule has 6 nitrogen and oxygen atoms in total. The second-order valence-electron chi connectivity index (χ2n) is 4.50. The molecule has 0 amide bonds. The molecule has 0 aliphatic rings. The van der Waals surface area contributed by atoms with Gasteiger partial charge in [0, 0.05) is 11.3 Å². The molecule has 6 heteroatoms. The minimum absolute atomic E-state index is 0.549. The van der Waals surface area contributed by atoms with Gasteiger partial charge in [0.05, 0.1) is 19.8 Å². The number of para-hydroxylation sites is 1. The number of nitrogens with two attached hydrogens (primary N) is 1. The molecule has 0 aliphatic heterocycles. The van der Waals surface area contributed by atoms with E-state index in [2.05, 4.69) is 15.4 Å². The topological polar surface area (TPSA) is 82.3 Å². The maximum absolute atomic E-state index is 5.57. The summed E-state index contributed by atoms with van der Waals surface area (Å²) in [6, 6.07) is 5.60. The summed E-state index contributed by atoms with van der Waals surface area (Å²) in [5.41, 5.74) is 5.30. The number of hydrogen-bond donors (Lipinski definition) is 2. The molecule has 0 aliphatic carbocycles. The van der Waals surface area contributed by atoms with Crippen LogP contribution >= 0.6 is 0 Å². The molecular formula is C15H20N4O2. The standard InChI is InChI=1S/C15H20N4O2/c1-5-10-9(2)17-14(18-15(10)19-16)11-7-6-8-12(20-3)13(11)21-4/h6-8H,5,16H2,1-4H3,(H,17,18,19). The molecule has 2 aromatic rings. The number of ether oxygens (including phenoxy) is 2. The quantitative estimate of drug-likeness (QED) is 0.649. The highest BCUT2D eigenvalue weighted by Crippen LogP contribution is 2.37. The van der Waals surface area contributed by atoms with Crippen LogP contribution in [0.3, 0.4) is 0 Å². The van der Waals surface area contributed by atoms with Gasteiger partial charge in [0.25, 0.3) is 0 Å². The summed E-state index contributed by atoms with van der Waals surface area (Å²) in [6.07, 6.45) is 0.806. The Balaban J connectivity index is 2.65. The molecule has 0 saturated heterocycles. The third-order valence-electron chi connectivity index (χ3n) is 3.35. The zero-order valence-electron chi connectivity index (χ0n) is 12.7. The molecule has 0 spiro atoms. The Labute approximate surface area is 124 Å². The van der Waals surface area contributed by atoms with E-state index in [-0.39, 0.29) is 0 Å². The van der Waals surface area contributed by atoms with Crippen LogP contribution in [0.5, 0.6) is 11.5 Å². The Morgan fingerprint density at radius 2 is 1.95 bits per heavy atom. The molecule has 0 atom stereocenters. The fourth-order valence-electron chi connectivity index (χ4n) is 2.32. The van der Waals surface area contributed by atoms with Crippen molar-refractivity contribution in [2.75, 3.05) is 19.6 Å². The average Bonchev–Trinajstić information content (AvgIpc) is 2.52. The van der Waals surface area contributed by atoms with Crippen molar-refractivity contribution in [2.45, 2.75) is 20.3 Å². The Bertz CT molecular complexity index is 644. The van der Waals surface area contributed by atoms with E-state index in [4.69, 9.17) is 15.3 Å². The van der Waals surface area contributed by atoms with Gasteiger partial charge in [-0.2, -0.15) is 0 Å². The highest BCUT2D eigenvalue weighted by molar-refractivity contribution is 5.70. The lowest BCUT2D eigenvalue weighted by molar-refractivity contribution is 0.356. The minimum Gasteiger partial charge on any atom is -0.493 e. The molecule has 0 saturated carbocycles. The number of rotatable bonds is 5. The van der Waals surface area contributed by atoms with Crippen molar-refractivity contribution in [3.63, 3.8) is 0 Å². The molecule has 21 heavy (non-hydrogen) atoms. The fraction of sp³-hybridized carbons (Fsp3) is 0.333. The van der Waals surface area contributed by atoms with Gasteiger partial charge in [-0.25, -0.2) is 15.8 Å². The number of hydrazine groups is 1. The lowest BCUT2D eigenvalue weighted by Crippen LogP contribution is -2.13. The van der Waals surface area contributed by atoms with Gasteiger partial charge in [-0.1, -0.05) is 13.0 Å². The first kappa shape index (κ1) is 15.1. The van der Waals surface area contributed by atoms with Crippen LogP contribution in [0.15, 0.2) is 18.2 Å². The van der Waals surface area contributed by atoms with E-state index in [1.807, 2.05) is 32.0 Å². The second-order valence-corrected chi connectivity index (χ2v) is 4.50. The highest BCUT2D eigenvalue weighted by atomic mass is 16.5.